The van der Waals surface area contributed by atoms with Crippen molar-refractivity contribution in [1.82, 2.24) is 0 Å². The number of nitro groups is 1. The van der Waals surface area contributed by atoms with Crippen molar-refractivity contribution in [3.8, 4) is 0 Å². The molecule has 0 aliphatic carbocycles. The summed E-state index contributed by atoms with van der Waals surface area (Å²) in [5.74, 6) is 0. The van der Waals surface area contributed by atoms with Gasteiger partial charge in [0.2, 0.25) is 6.54 Å². The summed E-state index contributed by atoms with van der Waals surface area (Å²) in [7, 11) is 0. The van der Waals surface area contributed by atoms with E-state index in [0.29, 0.717) is 6.42 Å². The molecule has 0 aromatic carbocycles. The maximum absolute atomic E-state index is 9.85. The van der Waals surface area contributed by atoms with E-state index in [2.05, 4.69) is 0 Å². The third-order valence-corrected chi connectivity index (χ3v) is 1.04. The number of rotatable bonds is 2. The first kappa shape index (κ1) is 8.40. The molecule has 0 bridgehead atoms. The Morgan fingerprint density at radius 1 is 1.44 bits per heavy atom. The minimum atomic E-state index is -0.273. The first-order valence-electron chi connectivity index (χ1n) is 3.03. The minimum absolute atomic E-state index is 0.0868. The summed E-state index contributed by atoms with van der Waals surface area (Å²) in [5, 5.41) is 9.85. The molecule has 0 unspecified atom stereocenters. The van der Waals surface area contributed by atoms with Crippen LogP contribution in [0.3, 0.4) is 0 Å². The van der Waals surface area contributed by atoms with Gasteiger partial charge in [-0.2, -0.15) is 0 Å². The lowest BCUT2D eigenvalue weighted by Crippen LogP contribution is -2.12. The lowest BCUT2D eigenvalue weighted by Gasteiger charge is -2.13. The highest BCUT2D eigenvalue weighted by molar-refractivity contribution is 4.59. The van der Waals surface area contributed by atoms with Gasteiger partial charge in [0.05, 0.1) is 0 Å². The van der Waals surface area contributed by atoms with Crippen molar-refractivity contribution in [3.05, 3.63) is 10.1 Å². The molecule has 54 valence electrons. The number of nitrogens with zero attached hydrogens (tertiary/aromatic N) is 1. The SMILES string of the molecule is CC(C)(C)CC[N+](=O)[O-]. The van der Waals surface area contributed by atoms with E-state index in [9.17, 15) is 10.1 Å². The van der Waals surface area contributed by atoms with E-state index < -0.39 is 0 Å². The second-order valence-corrected chi connectivity index (χ2v) is 3.37. The molecule has 0 atom stereocenters. The topological polar surface area (TPSA) is 43.1 Å². The largest absolute Gasteiger partial charge is 0.265 e. The van der Waals surface area contributed by atoms with E-state index in [1.165, 1.54) is 0 Å². The minimum Gasteiger partial charge on any atom is -0.265 e. The molecular weight excluding hydrogens is 118 g/mol. The fraction of sp³-hybridized carbons (Fsp3) is 1.00. The van der Waals surface area contributed by atoms with Gasteiger partial charge < -0.3 is 0 Å². The van der Waals surface area contributed by atoms with E-state index in [-0.39, 0.29) is 16.9 Å². The molecule has 0 aromatic heterocycles. The molecule has 0 saturated heterocycles. The molecular formula is C6H13NO2. The highest BCUT2D eigenvalue weighted by Gasteiger charge is 2.12. The van der Waals surface area contributed by atoms with Crippen LogP contribution in [0.4, 0.5) is 0 Å². The Morgan fingerprint density at radius 2 is 1.89 bits per heavy atom. The molecule has 0 fully saturated rings. The van der Waals surface area contributed by atoms with Gasteiger partial charge in [0.15, 0.2) is 0 Å². The molecule has 0 aliphatic heterocycles. The van der Waals surface area contributed by atoms with Gasteiger partial charge in [-0.15, -0.1) is 0 Å². The molecule has 0 rings (SSSR count). The highest BCUT2D eigenvalue weighted by Crippen LogP contribution is 2.17. The molecule has 0 N–H and O–H groups in total. The molecule has 0 aromatic rings. The Morgan fingerprint density at radius 3 is 2.00 bits per heavy atom. The number of hydrogen-bond acceptors (Lipinski definition) is 2. The quantitative estimate of drug-likeness (QED) is 0.423. The van der Waals surface area contributed by atoms with Crippen molar-refractivity contribution in [2.45, 2.75) is 27.2 Å². The molecule has 0 heterocycles. The van der Waals surface area contributed by atoms with Gasteiger partial charge in [0.25, 0.3) is 0 Å². The molecule has 0 radical (unpaired) electrons. The lowest BCUT2D eigenvalue weighted by atomic mass is 9.93. The van der Waals surface area contributed by atoms with Crippen molar-refractivity contribution in [1.29, 1.82) is 0 Å². The smallest absolute Gasteiger partial charge is 0.204 e. The van der Waals surface area contributed by atoms with Gasteiger partial charge in [-0.3, -0.25) is 10.1 Å². The summed E-state index contributed by atoms with van der Waals surface area (Å²) in [6.45, 7) is 6.08. The van der Waals surface area contributed by atoms with E-state index in [1.807, 2.05) is 20.8 Å². The van der Waals surface area contributed by atoms with Gasteiger partial charge in [-0.05, 0) is 5.41 Å². The van der Waals surface area contributed by atoms with Gasteiger partial charge in [0.1, 0.15) is 0 Å². The predicted molar refractivity (Wildman–Crippen MR) is 35.9 cm³/mol. The van der Waals surface area contributed by atoms with Crippen LogP contribution < -0.4 is 0 Å². The molecule has 0 amide bonds. The fourth-order valence-electron chi connectivity index (χ4n) is 0.427. The Hall–Kier alpha value is -0.600. The Labute approximate surface area is 55.2 Å². The average Bonchev–Trinajstić information content (AvgIpc) is 1.59. The zero-order valence-corrected chi connectivity index (χ0v) is 6.18. The van der Waals surface area contributed by atoms with Crippen LogP contribution in [-0.2, 0) is 0 Å². The maximum atomic E-state index is 9.85. The van der Waals surface area contributed by atoms with Crippen molar-refractivity contribution < 1.29 is 4.92 Å². The molecule has 0 saturated carbocycles. The highest BCUT2D eigenvalue weighted by atomic mass is 16.6. The monoisotopic (exact) mass is 131 g/mol. The molecule has 9 heavy (non-hydrogen) atoms. The van der Waals surface area contributed by atoms with Gasteiger partial charge in [0, 0.05) is 11.3 Å². The first-order valence-corrected chi connectivity index (χ1v) is 3.03. The van der Waals surface area contributed by atoms with Gasteiger partial charge >= 0.3 is 0 Å². The van der Waals surface area contributed by atoms with Crippen LogP contribution in [-0.4, -0.2) is 11.5 Å². The van der Waals surface area contributed by atoms with Crippen LogP contribution in [0.2, 0.25) is 0 Å². The van der Waals surface area contributed by atoms with E-state index in [1.54, 1.807) is 0 Å². The summed E-state index contributed by atoms with van der Waals surface area (Å²) in [6, 6.07) is 0. The van der Waals surface area contributed by atoms with Gasteiger partial charge in [-0.25, -0.2) is 0 Å². The summed E-state index contributed by atoms with van der Waals surface area (Å²) in [6.07, 6.45) is 0.653. The first-order chi connectivity index (χ1) is 3.92. The Bertz CT molecular complexity index is 104. The molecule has 3 heteroatoms. The summed E-state index contributed by atoms with van der Waals surface area (Å²) in [5.41, 5.74) is 0.0903. The standard InChI is InChI=1S/C6H13NO2/c1-6(2,3)4-5-7(8)9/h4-5H2,1-3H3. The van der Waals surface area contributed by atoms with Crippen LogP contribution in [0, 0.1) is 15.5 Å². The predicted octanol–water partition coefficient (Wildman–Crippen LogP) is 1.70. The summed E-state index contributed by atoms with van der Waals surface area (Å²) in [4.78, 5) is 9.58. The van der Waals surface area contributed by atoms with Crippen LogP contribution in [0.25, 0.3) is 0 Å². The van der Waals surface area contributed by atoms with Crippen molar-refractivity contribution in [2.24, 2.45) is 5.41 Å². The zero-order chi connectivity index (χ0) is 7.49. The molecule has 0 spiro atoms. The maximum Gasteiger partial charge on any atom is 0.204 e. The Balaban J connectivity index is 3.39. The average molecular weight is 131 g/mol. The lowest BCUT2D eigenvalue weighted by molar-refractivity contribution is -0.482. The Kier molecular flexibility index (Phi) is 2.62. The fourth-order valence-corrected chi connectivity index (χ4v) is 0.427. The van der Waals surface area contributed by atoms with Crippen LogP contribution in [0.1, 0.15) is 27.2 Å². The van der Waals surface area contributed by atoms with Gasteiger partial charge in [-0.1, -0.05) is 20.8 Å². The van der Waals surface area contributed by atoms with Crippen LogP contribution in [0.15, 0.2) is 0 Å². The molecule has 3 nitrogen and oxygen atoms in total. The van der Waals surface area contributed by atoms with E-state index in [4.69, 9.17) is 0 Å². The normalized spacial score (nSPS) is 11.4. The van der Waals surface area contributed by atoms with Crippen molar-refractivity contribution in [3.63, 3.8) is 0 Å². The van der Waals surface area contributed by atoms with Crippen molar-refractivity contribution >= 4 is 0 Å². The third kappa shape index (κ3) is 7.40. The summed E-state index contributed by atoms with van der Waals surface area (Å²) < 4.78 is 0. The number of hydrogen-bond donors (Lipinski definition) is 0. The van der Waals surface area contributed by atoms with E-state index in [0.717, 1.165) is 0 Å². The zero-order valence-electron chi connectivity index (χ0n) is 6.18. The van der Waals surface area contributed by atoms with Crippen molar-refractivity contribution in [2.75, 3.05) is 6.54 Å². The summed E-state index contributed by atoms with van der Waals surface area (Å²) >= 11 is 0. The third-order valence-electron chi connectivity index (χ3n) is 1.04. The van der Waals surface area contributed by atoms with E-state index >= 15 is 0 Å². The second kappa shape index (κ2) is 2.80. The second-order valence-electron chi connectivity index (χ2n) is 3.37. The van der Waals surface area contributed by atoms with Crippen LogP contribution >= 0.6 is 0 Å². The van der Waals surface area contributed by atoms with Crippen LogP contribution in [0.5, 0.6) is 0 Å². The molecule has 0 aliphatic rings.